The number of hydrogen-bond donors (Lipinski definition) is 1. The quantitative estimate of drug-likeness (QED) is 0.852. The number of nitriles is 1. The molecule has 1 heterocycles. The lowest BCUT2D eigenvalue weighted by atomic mass is 9.66. The van der Waals surface area contributed by atoms with Gasteiger partial charge in [0.1, 0.15) is 0 Å². The van der Waals surface area contributed by atoms with Crippen LogP contribution in [0.2, 0.25) is 0 Å². The van der Waals surface area contributed by atoms with Gasteiger partial charge in [-0.25, -0.2) is 0 Å². The second-order valence-electron chi connectivity index (χ2n) is 5.90. The van der Waals surface area contributed by atoms with E-state index < -0.39 is 5.60 Å². The minimum Gasteiger partial charge on any atom is -0.389 e. The van der Waals surface area contributed by atoms with E-state index in [1.54, 1.807) is 0 Å². The molecule has 1 aromatic rings. The fourth-order valence-corrected chi connectivity index (χ4v) is 2.83. The Morgan fingerprint density at radius 2 is 2.00 bits per heavy atom. The minimum absolute atomic E-state index is 0.167. The highest BCUT2D eigenvalue weighted by molar-refractivity contribution is 5.04. The SMILES string of the molecule is CC1(C)CCC(O)(CC#N)CC1n1cccc1. The molecule has 3 heteroatoms. The molecule has 0 aromatic carbocycles. The number of hydrogen-bond acceptors (Lipinski definition) is 2. The van der Waals surface area contributed by atoms with Crippen LogP contribution in [0.15, 0.2) is 24.5 Å². The number of nitrogens with zero attached hydrogens (tertiary/aromatic N) is 2. The fourth-order valence-electron chi connectivity index (χ4n) is 2.83. The van der Waals surface area contributed by atoms with Crippen molar-refractivity contribution in [2.75, 3.05) is 0 Å². The molecule has 0 spiro atoms. The summed E-state index contributed by atoms with van der Waals surface area (Å²) in [5.41, 5.74) is -0.639. The standard InChI is InChI=1S/C14H20N2O/c1-13(2)5-6-14(17,7-8-15)11-12(13)16-9-3-4-10-16/h3-4,9-10,12,17H,5-7,11H2,1-2H3. The van der Waals surface area contributed by atoms with Gasteiger partial charge in [-0.15, -0.1) is 0 Å². The van der Waals surface area contributed by atoms with Gasteiger partial charge >= 0.3 is 0 Å². The van der Waals surface area contributed by atoms with Crippen LogP contribution in [0.4, 0.5) is 0 Å². The normalized spacial score (nSPS) is 32.0. The van der Waals surface area contributed by atoms with Gasteiger partial charge in [0, 0.05) is 18.4 Å². The largest absolute Gasteiger partial charge is 0.389 e. The third kappa shape index (κ3) is 2.37. The highest BCUT2D eigenvalue weighted by Gasteiger charge is 2.44. The Hall–Kier alpha value is -1.27. The topological polar surface area (TPSA) is 48.9 Å². The van der Waals surface area contributed by atoms with Crippen molar-refractivity contribution in [3.63, 3.8) is 0 Å². The van der Waals surface area contributed by atoms with E-state index in [0.717, 1.165) is 12.8 Å². The highest BCUT2D eigenvalue weighted by atomic mass is 16.3. The molecule has 2 rings (SSSR count). The van der Waals surface area contributed by atoms with Gasteiger partial charge in [0.15, 0.2) is 0 Å². The van der Waals surface area contributed by atoms with E-state index in [-0.39, 0.29) is 17.9 Å². The lowest BCUT2D eigenvalue weighted by Crippen LogP contribution is -2.43. The van der Waals surface area contributed by atoms with Crippen LogP contribution in [-0.4, -0.2) is 15.3 Å². The van der Waals surface area contributed by atoms with Crippen LogP contribution in [0, 0.1) is 16.7 Å². The smallest absolute Gasteiger partial charge is 0.0797 e. The zero-order valence-corrected chi connectivity index (χ0v) is 10.6. The monoisotopic (exact) mass is 232 g/mol. The molecule has 1 saturated carbocycles. The molecule has 2 atom stereocenters. The molecular formula is C14H20N2O. The average molecular weight is 232 g/mol. The molecule has 0 radical (unpaired) electrons. The van der Waals surface area contributed by atoms with Crippen molar-refractivity contribution in [1.29, 1.82) is 5.26 Å². The summed E-state index contributed by atoms with van der Waals surface area (Å²) in [7, 11) is 0. The van der Waals surface area contributed by atoms with Crippen molar-refractivity contribution in [1.82, 2.24) is 4.57 Å². The van der Waals surface area contributed by atoms with Crippen LogP contribution in [0.25, 0.3) is 0 Å². The van der Waals surface area contributed by atoms with Crippen molar-refractivity contribution >= 4 is 0 Å². The molecular weight excluding hydrogens is 212 g/mol. The summed E-state index contributed by atoms with van der Waals surface area (Å²) in [6.45, 7) is 4.48. The summed E-state index contributed by atoms with van der Waals surface area (Å²) >= 11 is 0. The van der Waals surface area contributed by atoms with Crippen LogP contribution in [0.1, 0.15) is 45.6 Å². The second kappa shape index (κ2) is 4.19. The van der Waals surface area contributed by atoms with Gasteiger partial charge in [-0.1, -0.05) is 13.8 Å². The summed E-state index contributed by atoms with van der Waals surface area (Å²) < 4.78 is 2.17. The molecule has 1 aliphatic rings. The Labute approximate surface area is 103 Å². The van der Waals surface area contributed by atoms with Gasteiger partial charge in [-0.05, 0) is 36.8 Å². The maximum absolute atomic E-state index is 10.4. The first-order chi connectivity index (χ1) is 7.97. The molecule has 0 aliphatic heterocycles. The Kier molecular flexibility index (Phi) is 3.01. The van der Waals surface area contributed by atoms with Gasteiger partial charge < -0.3 is 9.67 Å². The van der Waals surface area contributed by atoms with Crippen molar-refractivity contribution in [3.8, 4) is 6.07 Å². The van der Waals surface area contributed by atoms with Crippen molar-refractivity contribution in [2.24, 2.45) is 5.41 Å². The van der Waals surface area contributed by atoms with Crippen LogP contribution >= 0.6 is 0 Å². The molecule has 1 fully saturated rings. The van der Waals surface area contributed by atoms with E-state index >= 15 is 0 Å². The molecule has 0 bridgehead atoms. The van der Waals surface area contributed by atoms with Gasteiger partial charge in [0.05, 0.1) is 18.1 Å². The summed E-state index contributed by atoms with van der Waals surface area (Å²) in [6.07, 6.45) is 6.68. The fraction of sp³-hybridized carbons (Fsp3) is 0.643. The van der Waals surface area contributed by atoms with E-state index in [0.29, 0.717) is 6.42 Å². The molecule has 0 amide bonds. The minimum atomic E-state index is -0.806. The Morgan fingerprint density at radius 3 is 2.59 bits per heavy atom. The zero-order chi connectivity index (χ0) is 12.5. The van der Waals surface area contributed by atoms with E-state index in [1.165, 1.54) is 0 Å². The van der Waals surface area contributed by atoms with E-state index in [4.69, 9.17) is 5.26 Å². The number of aromatic nitrogens is 1. The number of aliphatic hydroxyl groups is 1. The predicted molar refractivity (Wildman–Crippen MR) is 66.3 cm³/mol. The van der Waals surface area contributed by atoms with Crippen LogP contribution in [0.3, 0.4) is 0 Å². The molecule has 1 aliphatic carbocycles. The van der Waals surface area contributed by atoms with Crippen LogP contribution in [0.5, 0.6) is 0 Å². The van der Waals surface area contributed by atoms with E-state index in [9.17, 15) is 5.11 Å². The molecule has 17 heavy (non-hydrogen) atoms. The summed E-state index contributed by atoms with van der Waals surface area (Å²) in [6, 6.07) is 6.40. The molecule has 2 unspecified atom stereocenters. The Bertz CT molecular complexity index is 416. The van der Waals surface area contributed by atoms with Crippen LogP contribution in [-0.2, 0) is 0 Å². The average Bonchev–Trinajstić information content (AvgIpc) is 2.76. The summed E-state index contributed by atoms with van der Waals surface area (Å²) in [5.74, 6) is 0. The van der Waals surface area contributed by atoms with Crippen LogP contribution < -0.4 is 0 Å². The Balaban J connectivity index is 2.25. The van der Waals surface area contributed by atoms with Crippen molar-refractivity contribution in [3.05, 3.63) is 24.5 Å². The first kappa shape index (κ1) is 12.2. The third-order valence-electron chi connectivity index (χ3n) is 4.11. The maximum atomic E-state index is 10.4. The maximum Gasteiger partial charge on any atom is 0.0797 e. The predicted octanol–water partition coefficient (Wildman–Crippen LogP) is 2.88. The summed E-state index contributed by atoms with van der Waals surface area (Å²) in [4.78, 5) is 0. The second-order valence-corrected chi connectivity index (χ2v) is 5.90. The van der Waals surface area contributed by atoms with E-state index in [2.05, 4.69) is 24.5 Å². The molecule has 0 saturated heterocycles. The zero-order valence-electron chi connectivity index (χ0n) is 10.6. The third-order valence-corrected chi connectivity index (χ3v) is 4.11. The summed E-state index contributed by atoms with van der Waals surface area (Å²) in [5, 5.41) is 19.3. The lowest BCUT2D eigenvalue weighted by Gasteiger charge is -2.46. The first-order valence-corrected chi connectivity index (χ1v) is 6.19. The molecule has 1 N–H and O–H groups in total. The van der Waals surface area contributed by atoms with Gasteiger partial charge in [0.25, 0.3) is 0 Å². The van der Waals surface area contributed by atoms with Gasteiger partial charge in [0.2, 0.25) is 0 Å². The lowest BCUT2D eigenvalue weighted by molar-refractivity contribution is -0.0504. The first-order valence-electron chi connectivity index (χ1n) is 6.19. The van der Waals surface area contributed by atoms with Gasteiger partial charge in [-0.2, -0.15) is 5.26 Å². The highest BCUT2D eigenvalue weighted by Crippen LogP contribution is 2.48. The Morgan fingerprint density at radius 1 is 1.35 bits per heavy atom. The van der Waals surface area contributed by atoms with Crippen molar-refractivity contribution < 1.29 is 5.11 Å². The molecule has 92 valence electrons. The molecule has 3 nitrogen and oxygen atoms in total. The van der Waals surface area contributed by atoms with Crippen molar-refractivity contribution in [2.45, 2.75) is 51.2 Å². The number of rotatable bonds is 2. The molecule has 1 aromatic heterocycles. The van der Waals surface area contributed by atoms with Gasteiger partial charge in [-0.3, -0.25) is 0 Å². The van der Waals surface area contributed by atoms with E-state index in [1.807, 2.05) is 24.5 Å².